The van der Waals surface area contributed by atoms with E-state index in [1.165, 1.54) is 24.3 Å². The monoisotopic (exact) mass is 418 g/mol. The molecule has 0 aromatic heterocycles. The number of rotatable bonds is 9. The molecular formula is C21H26N2O5S. The van der Waals surface area contributed by atoms with Gasteiger partial charge in [0, 0.05) is 18.7 Å². The maximum absolute atomic E-state index is 12.6. The van der Waals surface area contributed by atoms with Crippen LogP contribution in [-0.4, -0.2) is 40.2 Å². The van der Waals surface area contributed by atoms with Crippen molar-refractivity contribution in [1.82, 2.24) is 4.72 Å². The van der Waals surface area contributed by atoms with Gasteiger partial charge in [0.15, 0.2) is 0 Å². The molecule has 8 heteroatoms. The highest BCUT2D eigenvalue weighted by Gasteiger charge is 2.20. The lowest BCUT2D eigenvalue weighted by Crippen LogP contribution is -2.31. The molecule has 1 saturated heterocycles. The van der Waals surface area contributed by atoms with Crippen LogP contribution >= 0.6 is 0 Å². The highest BCUT2D eigenvalue weighted by atomic mass is 32.2. The number of anilines is 1. The molecule has 2 aromatic rings. The van der Waals surface area contributed by atoms with Crippen LogP contribution in [0.25, 0.3) is 0 Å². The van der Waals surface area contributed by atoms with Crippen molar-refractivity contribution in [3.8, 4) is 5.75 Å². The van der Waals surface area contributed by atoms with Crippen molar-refractivity contribution in [2.24, 2.45) is 0 Å². The molecular weight excluding hydrogens is 392 g/mol. The van der Waals surface area contributed by atoms with Crippen molar-refractivity contribution in [3.05, 3.63) is 54.1 Å². The largest absolute Gasteiger partial charge is 0.491 e. The minimum absolute atomic E-state index is 0.0789. The van der Waals surface area contributed by atoms with Crippen molar-refractivity contribution in [3.63, 3.8) is 0 Å². The molecule has 1 atom stereocenters. The standard InChI is InChI=1S/C21H26N2O5S/c1-2-13-28-20-8-4-3-7-19(20)23-21(24)16-9-11-18(12-10-16)29(25,26)22-15-17-6-5-14-27-17/h3-4,7-12,17,22H,2,5-6,13-15H2,1H3,(H,23,24). The fourth-order valence-electron chi connectivity index (χ4n) is 2.98. The van der Waals surface area contributed by atoms with E-state index < -0.39 is 10.0 Å². The zero-order valence-electron chi connectivity index (χ0n) is 16.4. The Bertz CT molecular complexity index is 922. The number of para-hydroxylation sites is 2. The van der Waals surface area contributed by atoms with Gasteiger partial charge in [0.05, 0.1) is 23.3 Å². The van der Waals surface area contributed by atoms with Crippen LogP contribution in [0.2, 0.25) is 0 Å². The van der Waals surface area contributed by atoms with Crippen LogP contribution in [-0.2, 0) is 14.8 Å². The van der Waals surface area contributed by atoms with Gasteiger partial charge in [-0.15, -0.1) is 0 Å². The van der Waals surface area contributed by atoms with E-state index in [0.717, 1.165) is 19.3 Å². The summed E-state index contributed by atoms with van der Waals surface area (Å²) < 4.78 is 38.5. The number of hydrogen-bond acceptors (Lipinski definition) is 5. The number of amides is 1. The van der Waals surface area contributed by atoms with Gasteiger partial charge in [-0.1, -0.05) is 19.1 Å². The molecule has 0 bridgehead atoms. The summed E-state index contributed by atoms with van der Waals surface area (Å²) in [5.74, 6) is 0.258. The molecule has 0 radical (unpaired) electrons. The molecule has 7 nitrogen and oxygen atoms in total. The average Bonchev–Trinajstić information content (AvgIpc) is 3.25. The number of carbonyl (C=O) groups is 1. The lowest BCUT2D eigenvalue weighted by molar-refractivity contribution is 0.102. The fraction of sp³-hybridized carbons (Fsp3) is 0.381. The minimum Gasteiger partial charge on any atom is -0.491 e. The highest BCUT2D eigenvalue weighted by molar-refractivity contribution is 7.89. The molecule has 1 amide bonds. The highest BCUT2D eigenvalue weighted by Crippen LogP contribution is 2.24. The first-order valence-electron chi connectivity index (χ1n) is 9.74. The van der Waals surface area contributed by atoms with Crippen LogP contribution in [0.15, 0.2) is 53.4 Å². The average molecular weight is 419 g/mol. The van der Waals surface area contributed by atoms with E-state index in [4.69, 9.17) is 9.47 Å². The zero-order chi connectivity index (χ0) is 20.7. The summed E-state index contributed by atoms with van der Waals surface area (Å²) in [6, 6.07) is 13.0. The maximum Gasteiger partial charge on any atom is 0.255 e. The van der Waals surface area contributed by atoms with Gasteiger partial charge in [-0.2, -0.15) is 0 Å². The summed E-state index contributed by atoms with van der Waals surface area (Å²) in [5.41, 5.74) is 0.925. The third kappa shape index (κ3) is 5.79. The Hall–Kier alpha value is -2.42. The van der Waals surface area contributed by atoms with Crippen molar-refractivity contribution < 1.29 is 22.7 Å². The topological polar surface area (TPSA) is 93.7 Å². The number of sulfonamides is 1. The summed E-state index contributed by atoms with van der Waals surface area (Å²) in [4.78, 5) is 12.7. The molecule has 0 spiro atoms. The summed E-state index contributed by atoms with van der Waals surface area (Å²) >= 11 is 0. The summed E-state index contributed by atoms with van der Waals surface area (Å²) in [6.45, 7) is 3.48. The summed E-state index contributed by atoms with van der Waals surface area (Å²) in [5, 5.41) is 2.81. The van der Waals surface area contributed by atoms with E-state index in [1.807, 2.05) is 19.1 Å². The lowest BCUT2D eigenvalue weighted by Gasteiger charge is -2.13. The van der Waals surface area contributed by atoms with Gasteiger partial charge < -0.3 is 14.8 Å². The SMILES string of the molecule is CCCOc1ccccc1NC(=O)c1ccc(S(=O)(=O)NCC2CCCO2)cc1. The molecule has 2 N–H and O–H groups in total. The number of hydrogen-bond donors (Lipinski definition) is 2. The molecule has 3 rings (SSSR count). The van der Waals surface area contributed by atoms with Crippen molar-refractivity contribution in [1.29, 1.82) is 0 Å². The van der Waals surface area contributed by atoms with E-state index in [-0.39, 0.29) is 23.5 Å². The molecule has 0 aliphatic carbocycles. The van der Waals surface area contributed by atoms with E-state index in [1.54, 1.807) is 12.1 Å². The normalized spacial score (nSPS) is 16.5. The van der Waals surface area contributed by atoms with Crippen LogP contribution in [0.3, 0.4) is 0 Å². The second kappa shape index (κ2) is 9.87. The van der Waals surface area contributed by atoms with Gasteiger partial charge in [-0.3, -0.25) is 4.79 Å². The molecule has 2 aromatic carbocycles. The second-order valence-corrected chi connectivity index (χ2v) is 8.58. The molecule has 1 unspecified atom stereocenters. The van der Waals surface area contributed by atoms with Crippen molar-refractivity contribution in [2.45, 2.75) is 37.2 Å². The van der Waals surface area contributed by atoms with Crippen molar-refractivity contribution >= 4 is 21.6 Å². The van der Waals surface area contributed by atoms with Crippen LogP contribution in [0, 0.1) is 0 Å². The Kier molecular flexibility index (Phi) is 7.24. The third-order valence-corrected chi connectivity index (χ3v) is 5.99. The van der Waals surface area contributed by atoms with Crippen LogP contribution in [0.4, 0.5) is 5.69 Å². The van der Waals surface area contributed by atoms with Crippen LogP contribution < -0.4 is 14.8 Å². The maximum atomic E-state index is 12.6. The number of benzene rings is 2. The van der Waals surface area contributed by atoms with Crippen LogP contribution in [0.5, 0.6) is 5.75 Å². The van der Waals surface area contributed by atoms with Gasteiger partial charge in [0.25, 0.3) is 5.91 Å². The van der Waals surface area contributed by atoms with Gasteiger partial charge >= 0.3 is 0 Å². The minimum atomic E-state index is -3.65. The Morgan fingerprint density at radius 3 is 2.62 bits per heavy atom. The Morgan fingerprint density at radius 1 is 1.17 bits per heavy atom. The number of nitrogens with one attached hydrogen (secondary N) is 2. The van der Waals surface area contributed by atoms with Crippen LogP contribution in [0.1, 0.15) is 36.5 Å². The molecule has 29 heavy (non-hydrogen) atoms. The van der Waals surface area contributed by atoms with Gasteiger partial charge in [0.1, 0.15) is 5.75 Å². The number of carbonyl (C=O) groups excluding carboxylic acids is 1. The molecule has 1 aliphatic rings. The van der Waals surface area contributed by atoms with E-state index in [9.17, 15) is 13.2 Å². The third-order valence-electron chi connectivity index (χ3n) is 4.55. The van der Waals surface area contributed by atoms with E-state index in [2.05, 4.69) is 10.0 Å². The Morgan fingerprint density at radius 2 is 1.93 bits per heavy atom. The predicted molar refractivity (Wildman–Crippen MR) is 111 cm³/mol. The van der Waals surface area contributed by atoms with E-state index >= 15 is 0 Å². The van der Waals surface area contributed by atoms with Gasteiger partial charge in [-0.25, -0.2) is 13.1 Å². The molecule has 1 heterocycles. The first-order chi connectivity index (χ1) is 14.0. The first kappa shape index (κ1) is 21.3. The summed E-state index contributed by atoms with van der Waals surface area (Å²) in [6.07, 6.45) is 2.58. The fourth-order valence-corrected chi connectivity index (χ4v) is 4.05. The van der Waals surface area contributed by atoms with E-state index in [0.29, 0.717) is 30.2 Å². The van der Waals surface area contributed by atoms with Crippen molar-refractivity contribution in [2.75, 3.05) is 25.1 Å². The smallest absolute Gasteiger partial charge is 0.255 e. The second-order valence-electron chi connectivity index (χ2n) is 6.81. The molecule has 1 aliphatic heterocycles. The predicted octanol–water partition coefficient (Wildman–Crippen LogP) is 3.19. The molecule has 156 valence electrons. The summed E-state index contributed by atoms with van der Waals surface area (Å²) in [7, 11) is -3.65. The van der Waals surface area contributed by atoms with Gasteiger partial charge in [0.2, 0.25) is 10.0 Å². The Balaban J connectivity index is 1.64. The van der Waals surface area contributed by atoms with Gasteiger partial charge in [-0.05, 0) is 55.7 Å². The Labute approximate surface area is 171 Å². The number of ether oxygens (including phenoxy) is 2. The zero-order valence-corrected chi connectivity index (χ0v) is 17.2. The molecule has 1 fully saturated rings. The lowest BCUT2D eigenvalue weighted by atomic mass is 10.2. The first-order valence-corrected chi connectivity index (χ1v) is 11.2. The quantitative estimate of drug-likeness (QED) is 0.652. The molecule has 0 saturated carbocycles.